The van der Waals surface area contributed by atoms with Gasteiger partial charge in [0, 0.05) is 24.5 Å². The van der Waals surface area contributed by atoms with Crippen molar-refractivity contribution in [3.63, 3.8) is 0 Å². The monoisotopic (exact) mass is 388 g/mol. The first kappa shape index (κ1) is 18.4. The first-order valence-corrected chi connectivity index (χ1v) is 10.1. The Balaban J connectivity index is 1.79. The number of thiophene rings is 1. The van der Waals surface area contributed by atoms with Crippen molar-refractivity contribution in [2.75, 3.05) is 32.8 Å². The van der Waals surface area contributed by atoms with E-state index in [9.17, 15) is 17.2 Å². The third-order valence-electron chi connectivity index (χ3n) is 4.01. The van der Waals surface area contributed by atoms with Gasteiger partial charge in [0.15, 0.2) is 0 Å². The van der Waals surface area contributed by atoms with E-state index in [0.29, 0.717) is 32.4 Å². The molecule has 0 saturated carbocycles. The van der Waals surface area contributed by atoms with E-state index in [-0.39, 0.29) is 12.6 Å². The summed E-state index contributed by atoms with van der Waals surface area (Å²) in [4.78, 5) is 2.45. The summed E-state index contributed by atoms with van der Waals surface area (Å²) < 4.78 is 59.7. The number of benzene rings is 1. The Bertz CT molecular complexity index is 807. The Hall–Kier alpha value is -1.39. The van der Waals surface area contributed by atoms with E-state index >= 15 is 0 Å². The summed E-state index contributed by atoms with van der Waals surface area (Å²) in [6.45, 7) is 2.58. The quantitative estimate of drug-likeness (QED) is 0.826. The second kappa shape index (κ2) is 7.88. The lowest BCUT2D eigenvalue weighted by Gasteiger charge is -2.34. The number of hydrogen-bond acceptors (Lipinski definition) is 5. The van der Waals surface area contributed by atoms with Gasteiger partial charge in [-0.05, 0) is 29.6 Å². The molecule has 1 saturated heterocycles. The van der Waals surface area contributed by atoms with Gasteiger partial charge in [-0.25, -0.2) is 21.9 Å². The molecule has 0 spiro atoms. The van der Waals surface area contributed by atoms with Crippen LogP contribution < -0.4 is 4.72 Å². The van der Waals surface area contributed by atoms with Crippen LogP contribution in [0.1, 0.15) is 10.9 Å². The molecule has 1 aliphatic rings. The third kappa shape index (κ3) is 4.42. The molecule has 1 aromatic carbocycles. The first-order chi connectivity index (χ1) is 12.0. The lowest BCUT2D eigenvalue weighted by atomic mass is 10.2. The average Bonchev–Trinajstić information content (AvgIpc) is 3.12. The Labute approximate surface area is 149 Å². The Morgan fingerprint density at radius 1 is 1.24 bits per heavy atom. The summed E-state index contributed by atoms with van der Waals surface area (Å²) in [5.41, 5.74) is 0. The van der Waals surface area contributed by atoms with E-state index in [1.54, 1.807) is 0 Å². The normalized spacial score (nSPS) is 17.5. The smallest absolute Gasteiger partial charge is 0.243 e. The molecule has 1 atom stereocenters. The molecule has 0 aliphatic carbocycles. The zero-order chi connectivity index (χ0) is 17.9. The average molecular weight is 388 g/mol. The maximum atomic E-state index is 13.8. The van der Waals surface area contributed by atoms with Crippen LogP contribution in [0.5, 0.6) is 0 Å². The first-order valence-electron chi connectivity index (χ1n) is 7.77. The van der Waals surface area contributed by atoms with Gasteiger partial charge in [-0.1, -0.05) is 6.07 Å². The summed E-state index contributed by atoms with van der Waals surface area (Å²) in [5.74, 6) is -1.78. The Morgan fingerprint density at radius 3 is 2.68 bits per heavy atom. The standard InChI is InChI=1S/C16H18F2N2O3S2/c17-12-3-4-13(18)16(10-12)25(21,22)19-11-14(15-2-1-9-24-15)20-5-7-23-8-6-20/h1-4,9-10,14,19H,5-8,11H2. The fraction of sp³-hybridized carbons (Fsp3) is 0.375. The van der Waals surface area contributed by atoms with Crippen molar-refractivity contribution in [1.82, 2.24) is 9.62 Å². The maximum Gasteiger partial charge on any atom is 0.243 e. The van der Waals surface area contributed by atoms with E-state index in [1.807, 2.05) is 17.5 Å². The molecule has 25 heavy (non-hydrogen) atoms. The molecule has 1 N–H and O–H groups in total. The molecule has 0 amide bonds. The van der Waals surface area contributed by atoms with E-state index in [4.69, 9.17) is 4.74 Å². The lowest BCUT2D eigenvalue weighted by molar-refractivity contribution is 0.0179. The van der Waals surface area contributed by atoms with Crippen LogP contribution >= 0.6 is 11.3 Å². The highest BCUT2D eigenvalue weighted by atomic mass is 32.2. The topological polar surface area (TPSA) is 58.6 Å². The predicted molar refractivity (Wildman–Crippen MR) is 91.0 cm³/mol. The molecule has 1 fully saturated rings. The fourth-order valence-corrected chi connectivity index (χ4v) is 4.72. The van der Waals surface area contributed by atoms with Crippen molar-refractivity contribution in [1.29, 1.82) is 0 Å². The molecule has 2 aromatic rings. The Kier molecular flexibility index (Phi) is 5.80. The van der Waals surface area contributed by atoms with Crippen LogP contribution in [-0.2, 0) is 14.8 Å². The van der Waals surface area contributed by atoms with E-state index in [1.165, 1.54) is 11.3 Å². The number of ether oxygens (including phenoxy) is 1. The van der Waals surface area contributed by atoms with Gasteiger partial charge in [-0.15, -0.1) is 11.3 Å². The zero-order valence-corrected chi connectivity index (χ0v) is 15.0. The third-order valence-corrected chi connectivity index (χ3v) is 6.42. The molecular formula is C16H18F2N2O3S2. The number of rotatable bonds is 6. The van der Waals surface area contributed by atoms with E-state index < -0.39 is 26.6 Å². The van der Waals surface area contributed by atoms with Crippen LogP contribution in [0.25, 0.3) is 0 Å². The van der Waals surface area contributed by atoms with Crippen molar-refractivity contribution < 1.29 is 21.9 Å². The summed E-state index contributed by atoms with van der Waals surface area (Å²) in [7, 11) is -4.16. The minimum absolute atomic E-state index is 0.0683. The van der Waals surface area contributed by atoms with Crippen LogP contribution in [0, 0.1) is 11.6 Å². The van der Waals surface area contributed by atoms with Crippen molar-refractivity contribution in [2.24, 2.45) is 0 Å². The molecule has 0 bridgehead atoms. The summed E-state index contributed by atoms with van der Waals surface area (Å²) in [6.07, 6.45) is 0. The lowest BCUT2D eigenvalue weighted by Crippen LogP contribution is -2.43. The molecule has 0 radical (unpaired) electrons. The highest BCUT2D eigenvalue weighted by Gasteiger charge is 2.27. The number of hydrogen-bond donors (Lipinski definition) is 1. The van der Waals surface area contributed by atoms with Gasteiger partial charge in [-0.3, -0.25) is 4.90 Å². The molecule has 2 heterocycles. The molecular weight excluding hydrogens is 370 g/mol. The van der Waals surface area contributed by atoms with Crippen molar-refractivity contribution >= 4 is 21.4 Å². The molecule has 5 nitrogen and oxygen atoms in total. The van der Waals surface area contributed by atoms with Gasteiger partial charge < -0.3 is 4.74 Å². The number of halogens is 2. The minimum Gasteiger partial charge on any atom is -0.379 e. The minimum atomic E-state index is -4.16. The Morgan fingerprint density at radius 2 is 2.00 bits per heavy atom. The van der Waals surface area contributed by atoms with Crippen molar-refractivity contribution in [3.05, 3.63) is 52.2 Å². The van der Waals surface area contributed by atoms with Gasteiger partial charge >= 0.3 is 0 Å². The molecule has 9 heteroatoms. The highest BCUT2D eigenvalue weighted by molar-refractivity contribution is 7.89. The highest BCUT2D eigenvalue weighted by Crippen LogP contribution is 2.26. The molecule has 1 aliphatic heterocycles. The maximum absolute atomic E-state index is 13.8. The fourth-order valence-electron chi connectivity index (χ4n) is 2.73. The molecule has 1 aromatic heterocycles. The number of nitrogens with zero attached hydrogens (tertiary/aromatic N) is 1. The molecule has 3 rings (SSSR count). The van der Waals surface area contributed by atoms with E-state index in [2.05, 4.69) is 9.62 Å². The summed E-state index contributed by atoms with van der Waals surface area (Å²) in [5, 5.41) is 1.92. The van der Waals surface area contributed by atoms with Crippen molar-refractivity contribution in [2.45, 2.75) is 10.9 Å². The van der Waals surface area contributed by atoms with Crippen LogP contribution in [0.3, 0.4) is 0 Å². The van der Waals surface area contributed by atoms with Crippen LogP contribution in [0.4, 0.5) is 8.78 Å². The molecule has 1 unspecified atom stereocenters. The largest absolute Gasteiger partial charge is 0.379 e. The zero-order valence-electron chi connectivity index (χ0n) is 13.3. The van der Waals surface area contributed by atoms with Gasteiger partial charge in [0.1, 0.15) is 16.5 Å². The second-order valence-corrected chi connectivity index (χ2v) is 8.32. The van der Waals surface area contributed by atoms with Gasteiger partial charge in [0.2, 0.25) is 10.0 Å². The summed E-state index contributed by atoms with van der Waals surface area (Å²) in [6, 6.07) is 6.03. The molecule has 136 valence electrons. The van der Waals surface area contributed by atoms with Gasteiger partial charge in [-0.2, -0.15) is 0 Å². The number of nitrogens with one attached hydrogen (secondary N) is 1. The SMILES string of the molecule is O=S(=O)(NCC(c1cccs1)N1CCOCC1)c1cc(F)ccc1F. The van der Waals surface area contributed by atoms with Crippen LogP contribution in [0.15, 0.2) is 40.6 Å². The second-order valence-electron chi connectivity index (χ2n) is 5.61. The van der Waals surface area contributed by atoms with Crippen LogP contribution in [-0.4, -0.2) is 46.2 Å². The predicted octanol–water partition coefficient (Wildman–Crippen LogP) is 2.38. The number of sulfonamides is 1. The number of morpholine rings is 1. The van der Waals surface area contributed by atoms with Crippen LogP contribution in [0.2, 0.25) is 0 Å². The van der Waals surface area contributed by atoms with E-state index in [0.717, 1.165) is 17.0 Å². The van der Waals surface area contributed by atoms with Gasteiger partial charge in [0.25, 0.3) is 0 Å². The summed E-state index contributed by atoms with van der Waals surface area (Å²) >= 11 is 1.53. The van der Waals surface area contributed by atoms with Crippen molar-refractivity contribution in [3.8, 4) is 0 Å². The van der Waals surface area contributed by atoms with Gasteiger partial charge in [0.05, 0.1) is 19.3 Å².